The number of benzene rings is 1. The van der Waals surface area contributed by atoms with Crippen LogP contribution in [-0.2, 0) is 14.3 Å². The lowest BCUT2D eigenvalue weighted by atomic mass is 9.80. The molecule has 8 heteroatoms. The molecule has 0 N–H and O–H groups in total. The van der Waals surface area contributed by atoms with Gasteiger partial charge in [0.15, 0.2) is 0 Å². The summed E-state index contributed by atoms with van der Waals surface area (Å²) in [5, 5.41) is -0.569. The van der Waals surface area contributed by atoms with E-state index in [4.69, 9.17) is 4.74 Å². The second-order valence-corrected chi connectivity index (χ2v) is 9.38. The molecule has 2 aliphatic heterocycles. The molecule has 6 nitrogen and oxygen atoms in total. The molecule has 0 saturated carbocycles. The van der Waals surface area contributed by atoms with Gasteiger partial charge in [0, 0.05) is 23.8 Å². The van der Waals surface area contributed by atoms with Crippen molar-refractivity contribution in [3.05, 3.63) is 34.0 Å². The van der Waals surface area contributed by atoms with Gasteiger partial charge in [-0.2, -0.15) is 0 Å². The predicted octanol–water partition coefficient (Wildman–Crippen LogP) is 4.54. The van der Waals surface area contributed by atoms with Gasteiger partial charge in [-0.25, -0.2) is 9.18 Å². The van der Waals surface area contributed by atoms with Gasteiger partial charge in [-0.1, -0.05) is 6.92 Å². The van der Waals surface area contributed by atoms with Gasteiger partial charge in [-0.15, -0.1) is 0 Å². The Kier molecular flexibility index (Phi) is 6.00. The Morgan fingerprint density at radius 3 is 2.70 bits per heavy atom. The molecule has 0 aromatic heterocycles. The normalized spacial score (nSPS) is 23.0. The Bertz CT molecular complexity index is 943. The molecule has 1 fully saturated rings. The van der Waals surface area contributed by atoms with Crippen molar-refractivity contribution in [2.45, 2.75) is 58.5 Å². The van der Waals surface area contributed by atoms with Crippen molar-refractivity contribution in [2.75, 3.05) is 18.6 Å². The highest BCUT2D eigenvalue weighted by molar-refractivity contribution is 8.18. The summed E-state index contributed by atoms with van der Waals surface area (Å²) in [6, 6.07) is 2.21. The van der Waals surface area contributed by atoms with Crippen molar-refractivity contribution in [1.29, 1.82) is 0 Å². The first-order valence-electron chi connectivity index (χ1n) is 9.99. The Morgan fingerprint density at radius 2 is 2.07 bits per heavy atom. The fourth-order valence-corrected chi connectivity index (χ4v) is 4.94. The largest absolute Gasteiger partial charge is 0.464 e. The van der Waals surface area contributed by atoms with Crippen LogP contribution in [0, 0.1) is 5.82 Å². The van der Waals surface area contributed by atoms with Crippen LogP contribution in [0.2, 0.25) is 0 Å². The lowest BCUT2D eigenvalue weighted by molar-refractivity contribution is -0.150. The van der Waals surface area contributed by atoms with Crippen molar-refractivity contribution in [2.24, 2.45) is 0 Å². The van der Waals surface area contributed by atoms with E-state index in [-0.39, 0.29) is 28.5 Å². The molecule has 0 bridgehead atoms. The maximum atomic E-state index is 14.9. The minimum Gasteiger partial charge on any atom is -0.464 e. The van der Waals surface area contributed by atoms with Crippen LogP contribution in [0.1, 0.15) is 58.1 Å². The number of carbonyl (C=O) groups excluding carboxylic acids is 3. The highest BCUT2D eigenvalue weighted by atomic mass is 32.2. The average molecular weight is 435 g/mol. The summed E-state index contributed by atoms with van der Waals surface area (Å²) in [5.41, 5.74) is 2.00. The first kappa shape index (κ1) is 22.3. The molecule has 1 aromatic carbocycles. The SMILES string of the molecule is CCOC(=O)C(C)N1C(=O)S/C(=C\c2cc3c(cc2F)N(C)C(C)(C)CC3C)C1=O. The van der Waals surface area contributed by atoms with Crippen LogP contribution >= 0.6 is 11.8 Å². The zero-order valence-corrected chi connectivity index (χ0v) is 18.9. The Morgan fingerprint density at radius 1 is 1.40 bits per heavy atom. The summed E-state index contributed by atoms with van der Waals surface area (Å²) in [4.78, 5) is 40.1. The second kappa shape index (κ2) is 8.06. The van der Waals surface area contributed by atoms with Crippen LogP contribution in [0.3, 0.4) is 0 Å². The Labute approximate surface area is 180 Å². The van der Waals surface area contributed by atoms with Gasteiger partial charge in [0.25, 0.3) is 11.1 Å². The van der Waals surface area contributed by atoms with Gasteiger partial charge in [0.1, 0.15) is 11.9 Å². The smallest absolute Gasteiger partial charge is 0.329 e. The van der Waals surface area contributed by atoms with E-state index in [1.807, 2.05) is 7.05 Å². The van der Waals surface area contributed by atoms with Crippen LogP contribution in [0.25, 0.3) is 6.08 Å². The summed E-state index contributed by atoms with van der Waals surface area (Å²) in [6.07, 6.45) is 2.31. The number of thioether (sulfide) groups is 1. The van der Waals surface area contributed by atoms with E-state index < -0.39 is 29.0 Å². The number of amides is 2. The minimum absolute atomic E-state index is 0.0899. The molecule has 2 atom stereocenters. The van der Waals surface area contributed by atoms with Crippen molar-refractivity contribution >= 4 is 40.6 Å². The van der Waals surface area contributed by atoms with Gasteiger partial charge in [-0.3, -0.25) is 14.5 Å². The number of hydrogen-bond donors (Lipinski definition) is 0. The number of nitrogens with zero attached hydrogens (tertiary/aromatic N) is 2. The summed E-state index contributed by atoms with van der Waals surface area (Å²) < 4.78 is 19.8. The van der Waals surface area contributed by atoms with E-state index in [0.717, 1.165) is 22.6 Å². The number of imide groups is 1. The number of hydrogen-bond acceptors (Lipinski definition) is 6. The molecular weight excluding hydrogens is 407 g/mol. The molecule has 0 radical (unpaired) electrons. The fourth-order valence-electron chi connectivity index (χ4n) is 4.04. The van der Waals surface area contributed by atoms with Crippen molar-refractivity contribution in [3.63, 3.8) is 0 Å². The average Bonchev–Trinajstić information content (AvgIpc) is 2.93. The molecule has 2 amide bonds. The molecule has 1 aromatic rings. The van der Waals surface area contributed by atoms with Gasteiger partial charge < -0.3 is 9.64 Å². The van der Waals surface area contributed by atoms with Crippen LogP contribution in [0.15, 0.2) is 17.0 Å². The molecule has 30 heavy (non-hydrogen) atoms. The quantitative estimate of drug-likeness (QED) is 0.512. The van der Waals surface area contributed by atoms with Crippen molar-refractivity contribution < 1.29 is 23.5 Å². The number of fused-ring (bicyclic) bond motifs is 1. The number of anilines is 1. The first-order valence-corrected chi connectivity index (χ1v) is 10.8. The zero-order valence-electron chi connectivity index (χ0n) is 18.1. The molecule has 2 aliphatic rings. The third-order valence-corrected chi connectivity index (χ3v) is 6.76. The van der Waals surface area contributed by atoms with Gasteiger partial charge in [-0.05, 0) is 75.6 Å². The number of esters is 1. The van der Waals surface area contributed by atoms with Gasteiger partial charge in [0.05, 0.1) is 11.5 Å². The monoisotopic (exact) mass is 434 g/mol. The first-order chi connectivity index (χ1) is 14.0. The van der Waals surface area contributed by atoms with Crippen LogP contribution in [-0.4, -0.2) is 47.3 Å². The molecule has 1 saturated heterocycles. The molecule has 0 spiro atoms. The lowest BCUT2D eigenvalue weighted by Crippen LogP contribution is -2.45. The number of ether oxygens (including phenoxy) is 1. The molecule has 0 aliphatic carbocycles. The minimum atomic E-state index is -1.03. The topological polar surface area (TPSA) is 66.9 Å². The third kappa shape index (κ3) is 3.85. The summed E-state index contributed by atoms with van der Waals surface area (Å²) in [6.45, 7) is 9.59. The lowest BCUT2D eigenvalue weighted by Gasteiger charge is -2.45. The zero-order chi connectivity index (χ0) is 22.4. The number of rotatable bonds is 4. The second-order valence-electron chi connectivity index (χ2n) is 8.39. The standard InChI is InChI=1S/C22H27FN2O4S/c1-7-29-20(27)13(3)25-19(26)18(30-21(25)28)9-14-8-15-12(2)11-22(4,5)24(6)17(15)10-16(14)23/h8-10,12-13H,7,11H2,1-6H3/b18-9-. The van der Waals surface area contributed by atoms with E-state index in [9.17, 15) is 18.8 Å². The van der Waals surface area contributed by atoms with Gasteiger partial charge >= 0.3 is 5.97 Å². The fraction of sp³-hybridized carbons (Fsp3) is 0.500. The highest BCUT2D eigenvalue weighted by Gasteiger charge is 2.41. The molecular formula is C22H27FN2O4S. The molecule has 2 unspecified atom stereocenters. The molecule has 3 rings (SSSR count). The van der Waals surface area contributed by atoms with Crippen molar-refractivity contribution in [1.82, 2.24) is 4.90 Å². The molecule has 2 heterocycles. The third-order valence-electron chi connectivity index (χ3n) is 5.88. The van der Waals surface area contributed by atoms with E-state index in [0.29, 0.717) is 11.8 Å². The Hall–Kier alpha value is -2.35. The van der Waals surface area contributed by atoms with E-state index in [2.05, 4.69) is 25.7 Å². The van der Waals surface area contributed by atoms with Crippen LogP contribution < -0.4 is 4.90 Å². The summed E-state index contributed by atoms with van der Waals surface area (Å²) >= 11 is 0.701. The van der Waals surface area contributed by atoms with Crippen LogP contribution in [0.4, 0.5) is 14.9 Å². The number of halogens is 1. The highest BCUT2D eigenvalue weighted by Crippen LogP contribution is 2.44. The number of carbonyl (C=O) groups is 3. The predicted molar refractivity (Wildman–Crippen MR) is 116 cm³/mol. The Balaban J connectivity index is 1.95. The van der Waals surface area contributed by atoms with E-state index in [1.165, 1.54) is 19.1 Å². The summed E-state index contributed by atoms with van der Waals surface area (Å²) in [7, 11) is 1.95. The van der Waals surface area contributed by atoms with Crippen LogP contribution in [0.5, 0.6) is 0 Å². The van der Waals surface area contributed by atoms with E-state index in [1.54, 1.807) is 13.0 Å². The van der Waals surface area contributed by atoms with Gasteiger partial charge in [0.2, 0.25) is 0 Å². The van der Waals surface area contributed by atoms with E-state index >= 15 is 0 Å². The maximum absolute atomic E-state index is 14.9. The molecule has 162 valence electrons. The summed E-state index contributed by atoms with van der Waals surface area (Å²) in [5.74, 6) is -1.51. The van der Waals surface area contributed by atoms with Crippen molar-refractivity contribution in [3.8, 4) is 0 Å². The maximum Gasteiger partial charge on any atom is 0.329 e.